The summed E-state index contributed by atoms with van der Waals surface area (Å²) in [6, 6.07) is 12.1. The molecule has 0 saturated heterocycles. The largest absolute Gasteiger partial charge is 3.00 e. The molecule has 0 unspecified atom stereocenters. The first-order chi connectivity index (χ1) is 13.1. The molecule has 32 heavy (non-hydrogen) atoms. The Labute approximate surface area is 201 Å². The van der Waals surface area contributed by atoms with Crippen LogP contribution in [0, 0.1) is 0 Å². The normalized spacial score (nSPS) is 8.75. The Balaban J connectivity index is -0.000000213. The first-order valence-electron chi connectivity index (χ1n) is 8.47. The summed E-state index contributed by atoms with van der Waals surface area (Å²) in [6.07, 6.45) is 4.26. The van der Waals surface area contributed by atoms with Crippen LogP contribution in [0.1, 0.15) is 6.42 Å². The number of carboxylic acid groups (broad SMARTS) is 2. The average molecular weight is 517 g/mol. The van der Waals surface area contributed by atoms with Gasteiger partial charge >= 0.3 is 16.8 Å². The van der Waals surface area contributed by atoms with Crippen LogP contribution in [0.3, 0.4) is 0 Å². The second-order valence-corrected chi connectivity index (χ2v) is 5.67. The summed E-state index contributed by atoms with van der Waals surface area (Å²) < 4.78 is 0. The van der Waals surface area contributed by atoms with Gasteiger partial charge in [-0.05, 0) is 31.6 Å². The number of carbonyl (C=O) groups excluding carboxylic acids is 2. The predicted molar refractivity (Wildman–Crippen MR) is 108 cm³/mol. The third kappa shape index (κ3) is 13.1. The zero-order valence-electron chi connectivity index (χ0n) is 16.9. The van der Waals surface area contributed by atoms with Crippen molar-refractivity contribution >= 4 is 33.7 Å². The molecular formula is C19H26ClCoN4O7. The van der Waals surface area contributed by atoms with Gasteiger partial charge in [-0.1, -0.05) is 24.3 Å². The Hall–Kier alpha value is -2.42. The minimum absolute atomic E-state index is 0. The molecule has 180 valence electrons. The molecule has 11 nitrogen and oxygen atoms in total. The van der Waals surface area contributed by atoms with Crippen LogP contribution in [0.4, 0.5) is 0 Å². The zero-order chi connectivity index (χ0) is 19.5. The number of carbonyl (C=O) groups is 2. The topological polar surface area (TPSA) is 225 Å². The SMILES string of the molecule is O.O.O.O=C([O-])CNCCCNCC(=O)[O-].[Cl-].[Co+3].c1cnc2c(c1)ccc1cccnc12. The minimum atomic E-state index is -1.15. The molecular weight excluding hydrogens is 491 g/mol. The van der Waals surface area contributed by atoms with E-state index in [1.165, 1.54) is 0 Å². The van der Waals surface area contributed by atoms with Gasteiger partial charge in [0.1, 0.15) is 0 Å². The van der Waals surface area contributed by atoms with Crippen LogP contribution < -0.4 is 33.3 Å². The van der Waals surface area contributed by atoms with Gasteiger partial charge in [0.15, 0.2) is 0 Å². The zero-order valence-corrected chi connectivity index (χ0v) is 18.7. The number of benzene rings is 1. The van der Waals surface area contributed by atoms with Crippen LogP contribution in [-0.4, -0.2) is 64.5 Å². The van der Waals surface area contributed by atoms with Crippen molar-refractivity contribution in [3.8, 4) is 0 Å². The van der Waals surface area contributed by atoms with Gasteiger partial charge in [0.05, 0.1) is 23.0 Å². The summed E-state index contributed by atoms with van der Waals surface area (Å²) in [5.41, 5.74) is 1.95. The van der Waals surface area contributed by atoms with E-state index >= 15 is 0 Å². The molecule has 8 N–H and O–H groups in total. The second kappa shape index (κ2) is 20.5. The molecule has 0 spiro atoms. The number of rotatable bonds is 8. The Morgan fingerprint density at radius 1 is 0.750 bits per heavy atom. The summed E-state index contributed by atoms with van der Waals surface area (Å²) in [4.78, 5) is 28.5. The number of fused-ring (bicyclic) bond motifs is 3. The van der Waals surface area contributed by atoms with Gasteiger partial charge in [-0.15, -0.1) is 0 Å². The maximum Gasteiger partial charge on any atom is 3.00 e. The first kappa shape index (κ1) is 36.9. The van der Waals surface area contributed by atoms with E-state index in [1.807, 2.05) is 12.1 Å². The van der Waals surface area contributed by atoms with E-state index in [-0.39, 0.29) is 58.7 Å². The predicted octanol–water partition coefficient (Wildman–Crippen LogP) is -6.63. The van der Waals surface area contributed by atoms with Gasteiger partial charge in [-0.25, -0.2) is 0 Å². The Morgan fingerprint density at radius 2 is 1.12 bits per heavy atom. The molecule has 13 heteroatoms. The number of nitrogens with one attached hydrogen (secondary N) is 2. The van der Waals surface area contributed by atoms with E-state index in [0.717, 1.165) is 21.8 Å². The molecule has 0 bridgehead atoms. The van der Waals surface area contributed by atoms with Crippen LogP contribution in [0.2, 0.25) is 0 Å². The molecule has 0 atom stereocenters. The molecule has 2 aromatic heterocycles. The van der Waals surface area contributed by atoms with Gasteiger partial charge in [-0.3, -0.25) is 9.97 Å². The fraction of sp³-hybridized carbons (Fsp3) is 0.263. The van der Waals surface area contributed by atoms with Crippen molar-refractivity contribution < 1.29 is 65.4 Å². The summed E-state index contributed by atoms with van der Waals surface area (Å²) in [5.74, 6) is -2.30. The van der Waals surface area contributed by atoms with Crippen molar-refractivity contribution in [2.24, 2.45) is 0 Å². The van der Waals surface area contributed by atoms with E-state index in [2.05, 4.69) is 44.9 Å². The van der Waals surface area contributed by atoms with Crippen LogP contribution in [-0.2, 0) is 26.4 Å². The van der Waals surface area contributed by atoms with Crippen molar-refractivity contribution in [1.82, 2.24) is 20.6 Å². The van der Waals surface area contributed by atoms with Gasteiger partial charge in [0, 0.05) is 36.3 Å². The smallest absolute Gasteiger partial charge is 1.00 e. The monoisotopic (exact) mass is 516 g/mol. The number of aromatic nitrogens is 2. The molecule has 2 heterocycles. The fourth-order valence-electron chi connectivity index (χ4n) is 2.40. The quantitative estimate of drug-likeness (QED) is 0.215. The van der Waals surface area contributed by atoms with Crippen molar-refractivity contribution in [2.75, 3.05) is 26.2 Å². The molecule has 3 rings (SSSR count). The van der Waals surface area contributed by atoms with Crippen molar-refractivity contribution in [3.05, 3.63) is 48.8 Å². The standard InChI is InChI=1S/C12H8N2.C7H14N2O4.ClH.Co.3H2O/c1-3-9-5-6-10-4-2-8-14-12(10)11(9)13-7-1;10-6(11)4-8-2-1-3-9-5-7(12)13;;;;;/h1-8H;8-9H,1-5H2,(H,10,11)(H,12,13);1H;;3*1H2/q;;;+3;;;/p-3. The number of hydrogen-bond donors (Lipinski definition) is 2. The molecule has 0 saturated carbocycles. The summed E-state index contributed by atoms with van der Waals surface area (Å²) in [5, 5.41) is 27.3. The molecule has 1 aromatic carbocycles. The molecule has 0 aliphatic carbocycles. The number of pyridine rings is 2. The van der Waals surface area contributed by atoms with Crippen LogP contribution in [0.25, 0.3) is 21.8 Å². The molecule has 0 fully saturated rings. The van der Waals surface area contributed by atoms with Gasteiger partial charge < -0.3 is 59.3 Å². The van der Waals surface area contributed by atoms with E-state index in [9.17, 15) is 19.8 Å². The second-order valence-electron chi connectivity index (χ2n) is 5.67. The third-order valence-electron chi connectivity index (χ3n) is 3.59. The van der Waals surface area contributed by atoms with E-state index in [4.69, 9.17) is 0 Å². The maximum atomic E-state index is 9.90. The third-order valence-corrected chi connectivity index (χ3v) is 3.59. The van der Waals surface area contributed by atoms with E-state index < -0.39 is 11.9 Å². The number of halogens is 1. The Kier molecular flexibility index (Phi) is 23.6. The number of nitrogens with zero attached hydrogens (tertiary/aromatic N) is 2. The summed E-state index contributed by atoms with van der Waals surface area (Å²) >= 11 is 0. The van der Waals surface area contributed by atoms with Gasteiger partial charge in [0.2, 0.25) is 0 Å². The van der Waals surface area contributed by atoms with Crippen LogP contribution >= 0.6 is 0 Å². The van der Waals surface area contributed by atoms with Crippen LogP contribution in [0.15, 0.2) is 48.8 Å². The van der Waals surface area contributed by atoms with Crippen molar-refractivity contribution in [3.63, 3.8) is 0 Å². The van der Waals surface area contributed by atoms with Crippen LogP contribution in [0.5, 0.6) is 0 Å². The fourth-order valence-corrected chi connectivity index (χ4v) is 2.40. The molecule has 0 aliphatic rings. The number of aliphatic carboxylic acids is 2. The first-order valence-corrected chi connectivity index (χ1v) is 8.47. The Bertz CT molecular complexity index is 848. The van der Waals surface area contributed by atoms with Crippen molar-refractivity contribution in [2.45, 2.75) is 6.42 Å². The summed E-state index contributed by atoms with van der Waals surface area (Å²) in [7, 11) is 0. The molecule has 0 aliphatic heterocycles. The number of hydrogen-bond acceptors (Lipinski definition) is 8. The average Bonchev–Trinajstić information content (AvgIpc) is 2.67. The minimum Gasteiger partial charge on any atom is -1.00 e. The van der Waals surface area contributed by atoms with Crippen molar-refractivity contribution in [1.29, 1.82) is 0 Å². The van der Waals surface area contributed by atoms with Gasteiger partial charge in [0.25, 0.3) is 0 Å². The van der Waals surface area contributed by atoms with E-state index in [1.54, 1.807) is 12.4 Å². The van der Waals surface area contributed by atoms with Gasteiger partial charge in [-0.2, -0.15) is 0 Å². The number of carboxylic acids is 2. The Morgan fingerprint density at radius 3 is 1.47 bits per heavy atom. The summed E-state index contributed by atoms with van der Waals surface area (Å²) in [6.45, 7) is 0.656. The molecule has 3 aromatic rings. The van der Waals surface area contributed by atoms with E-state index in [0.29, 0.717) is 19.5 Å². The molecule has 0 amide bonds. The maximum absolute atomic E-state index is 9.90. The molecule has 0 radical (unpaired) electrons.